The normalized spacial score (nSPS) is 11.2. The van der Waals surface area contributed by atoms with Crippen LogP contribution in [-0.4, -0.2) is 37.0 Å². The van der Waals surface area contributed by atoms with E-state index in [0.29, 0.717) is 0 Å². The Morgan fingerprint density at radius 3 is 1.32 bits per heavy atom. The summed E-state index contributed by atoms with van der Waals surface area (Å²) in [5, 5.41) is 2.61. The molecule has 0 radical (unpaired) electrons. The number of pyridine rings is 1. The number of hydrogen-bond acceptors (Lipinski definition) is 1. The van der Waals surface area contributed by atoms with Crippen molar-refractivity contribution in [3.8, 4) is 0 Å². The Kier molecular flexibility index (Phi) is 21.1. The molecule has 1 aromatic carbocycles. The Labute approximate surface area is 443 Å². The van der Waals surface area contributed by atoms with Gasteiger partial charge in [0, 0.05) is 143 Å². The molecule has 0 N–H and O–H groups in total. The lowest BCUT2D eigenvalue weighted by Gasteiger charge is -2.19. The Balaban J connectivity index is 0.000000227. The minimum Gasteiger partial charge on any atom is -0.354 e. The molecule has 73 heavy (non-hydrogen) atoms. The minimum atomic E-state index is 0.213. The molecule has 0 aliphatic heterocycles. The molecule has 9 aromatic rings. The van der Waals surface area contributed by atoms with E-state index in [9.17, 15) is 0 Å². The maximum Gasteiger partial charge on any atom is 0.139 e. The van der Waals surface area contributed by atoms with Gasteiger partial charge in [-0.3, -0.25) is 0 Å². The summed E-state index contributed by atoms with van der Waals surface area (Å²) in [6.45, 7) is 43.8. The fourth-order valence-corrected chi connectivity index (χ4v) is 8.89. The van der Waals surface area contributed by atoms with Crippen LogP contribution in [-0.2, 0) is 65.6 Å². The lowest BCUT2D eigenvalue weighted by Crippen LogP contribution is -2.12. The summed E-state index contributed by atoms with van der Waals surface area (Å²) >= 11 is 0. The standard InChI is InChI=1S/C14H19N.2C10H17N.C9H10N2.C8H13N.2C7H11N/c1-10-13(14(2,3)4)11-8-6-7-9-12(11)15(10)5;1-8-6-9(7-11(8)5)10(2,3)4;1-8-9(10(2,3)4)6-7-11(8)5;1-7-6-8-4-3-5-10-9(8)11(7)2;1-6-5-9(4)8(3)7(6)2;1-6-4-7(2)8(3)5-6;1-6-4-5-8(3)7(6)2/h6-9H,1-5H3;2*6-7H,1-5H3;3-6H,1-2H3;5H,1-4H3;2*4-5H,1-3H3. The summed E-state index contributed by atoms with van der Waals surface area (Å²) in [6, 6.07) is 23.6. The van der Waals surface area contributed by atoms with Crippen molar-refractivity contribution < 1.29 is 0 Å². The highest BCUT2D eigenvalue weighted by molar-refractivity contribution is 5.86. The summed E-state index contributed by atoms with van der Waals surface area (Å²) in [5.41, 5.74) is 22.4. The monoisotopic (exact) mass is 991 g/mol. The zero-order valence-electron chi connectivity index (χ0n) is 50.9. The van der Waals surface area contributed by atoms with Crippen LogP contribution in [0.2, 0.25) is 0 Å². The summed E-state index contributed by atoms with van der Waals surface area (Å²) in [6.07, 6.45) is 12.5. The summed E-state index contributed by atoms with van der Waals surface area (Å²) in [4.78, 5) is 4.26. The van der Waals surface area contributed by atoms with Crippen LogP contribution in [0.25, 0.3) is 21.9 Å². The molecule has 0 unspecified atom stereocenters. The highest BCUT2D eigenvalue weighted by Crippen LogP contribution is 2.34. The molecule has 0 bridgehead atoms. The van der Waals surface area contributed by atoms with Gasteiger partial charge >= 0.3 is 0 Å². The first kappa shape index (κ1) is 61.2. The minimum absolute atomic E-state index is 0.213. The third-order valence-electron chi connectivity index (χ3n) is 14.6. The molecule has 0 saturated heterocycles. The van der Waals surface area contributed by atoms with Gasteiger partial charge in [0.1, 0.15) is 5.65 Å². The Morgan fingerprint density at radius 2 is 0.986 bits per heavy atom. The van der Waals surface area contributed by atoms with Crippen LogP contribution in [0.1, 0.15) is 141 Å². The molecule has 8 nitrogen and oxygen atoms in total. The molecule has 8 aromatic heterocycles. The molecule has 0 aliphatic rings. The zero-order chi connectivity index (χ0) is 55.7. The number of para-hydroxylation sites is 1. The lowest BCUT2D eigenvalue weighted by atomic mass is 9.85. The van der Waals surface area contributed by atoms with Crippen molar-refractivity contribution in [1.82, 2.24) is 37.0 Å². The van der Waals surface area contributed by atoms with Crippen molar-refractivity contribution in [2.45, 2.75) is 155 Å². The maximum absolute atomic E-state index is 4.26. The number of hydrogen-bond donors (Lipinski definition) is 0. The number of aryl methyl sites for hydroxylation is 13. The summed E-state index contributed by atoms with van der Waals surface area (Å²) in [7, 11) is 14.5. The summed E-state index contributed by atoms with van der Waals surface area (Å²) in [5.74, 6) is 0. The van der Waals surface area contributed by atoms with E-state index in [1.807, 2.05) is 19.3 Å². The molecule has 0 spiro atoms. The van der Waals surface area contributed by atoms with Crippen molar-refractivity contribution in [2.24, 2.45) is 49.3 Å². The van der Waals surface area contributed by atoms with Crippen LogP contribution in [0, 0.1) is 76.2 Å². The van der Waals surface area contributed by atoms with Crippen molar-refractivity contribution in [3.63, 3.8) is 0 Å². The second-order valence-corrected chi connectivity index (χ2v) is 23.6. The molecule has 8 heterocycles. The molecule has 0 atom stereocenters. The molecule has 8 heteroatoms. The second-order valence-electron chi connectivity index (χ2n) is 23.6. The van der Waals surface area contributed by atoms with Crippen LogP contribution in [0.5, 0.6) is 0 Å². The highest BCUT2D eigenvalue weighted by Gasteiger charge is 2.23. The van der Waals surface area contributed by atoms with E-state index in [1.54, 1.807) is 0 Å². The second kappa shape index (κ2) is 25.2. The largest absolute Gasteiger partial charge is 0.354 e. The fourth-order valence-electron chi connectivity index (χ4n) is 8.89. The quantitative estimate of drug-likeness (QED) is 0.149. The van der Waals surface area contributed by atoms with Gasteiger partial charge in [0.05, 0.1) is 0 Å². The van der Waals surface area contributed by atoms with Crippen molar-refractivity contribution in [3.05, 3.63) is 183 Å². The predicted molar refractivity (Wildman–Crippen MR) is 319 cm³/mol. The first-order valence-electron chi connectivity index (χ1n) is 26.0. The number of benzene rings is 1. The molecule has 0 amide bonds. The molecule has 9 rings (SSSR count). The molecular weight excluding hydrogens is 893 g/mol. The van der Waals surface area contributed by atoms with Crippen LogP contribution >= 0.6 is 0 Å². The van der Waals surface area contributed by atoms with Gasteiger partial charge in [-0.05, 0) is 180 Å². The fraction of sp³-hybridized carbons (Fsp3) is 0.462. The predicted octanol–water partition coefficient (Wildman–Crippen LogP) is 16.2. The molecule has 0 saturated carbocycles. The molecular formula is C65H98N8. The third kappa shape index (κ3) is 16.4. The van der Waals surface area contributed by atoms with E-state index in [1.165, 1.54) is 95.1 Å². The average Bonchev–Trinajstić information content (AvgIpc) is 4.15. The highest BCUT2D eigenvalue weighted by atomic mass is 15.0. The zero-order valence-corrected chi connectivity index (χ0v) is 50.9. The van der Waals surface area contributed by atoms with Gasteiger partial charge in [-0.15, -0.1) is 0 Å². The maximum atomic E-state index is 4.26. The van der Waals surface area contributed by atoms with Crippen LogP contribution in [0.3, 0.4) is 0 Å². The van der Waals surface area contributed by atoms with Crippen LogP contribution in [0.4, 0.5) is 0 Å². The third-order valence-corrected chi connectivity index (χ3v) is 14.6. The van der Waals surface area contributed by atoms with Gasteiger partial charge in [-0.2, -0.15) is 0 Å². The Hall–Kier alpha value is -6.15. The van der Waals surface area contributed by atoms with E-state index in [4.69, 9.17) is 0 Å². The van der Waals surface area contributed by atoms with E-state index in [2.05, 4.69) is 309 Å². The number of fused-ring (bicyclic) bond motifs is 2. The van der Waals surface area contributed by atoms with E-state index < -0.39 is 0 Å². The van der Waals surface area contributed by atoms with Crippen molar-refractivity contribution in [2.75, 3.05) is 0 Å². The lowest BCUT2D eigenvalue weighted by molar-refractivity contribution is 0.583. The number of aromatic nitrogens is 8. The van der Waals surface area contributed by atoms with Crippen molar-refractivity contribution in [1.29, 1.82) is 0 Å². The van der Waals surface area contributed by atoms with E-state index >= 15 is 0 Å². The van der Waals surface area contributed by atoms with E-state index in [0.717, 1.165) is 5.65 Å². The molecule has 398 valence electrons. The Bertz CT molecular complexity index is 3070. The van der Waals surface area contributed by atoms with Gasteiger partial charge in [-0.25, -0.2) is 4.98 Å². The molecule has 0 fully saturated rings. The number of rotatable bonds is 0. The smallest absolute Gasteiger partial charge is 0.139 e. The summed E-state index contributed by atoms with van der Waals surface area (Å²) < 4.78 is 15.1. The SMILES string of the molecule is Cc1c(C(C)(C)C)c2ccccc2n1C.Cc1c(C(C)(C)C)ccn1C.Cc1cc(C(C)(C)C)cn1C.Cc1cc(C)n(C)c1.Cc1cc2cccnc2n1C.Cc1ccn(C)c1C.Cc1cn(C)c(C)c1C. The topological polar surface area (TPSA) is 47.4 Å². The average molecular weight is 992 g/mol. The first-order chi connectivity index (χ1) is 33.6. The Morgan fingerprint density at radius 1 is 0.425 bits per heavy atom. The van der Waals surface area contributed by atoms with Gasteiger partial charge in [0.2, 0.25) is 0 Å². The van der Waals surface area contributed by atoms with Gasteiger partial charge in [-0.1, -0.05) is 80.5 Å². The van der Waals surface area contributed by atoms with Crippen molar-refractivity contribution >= 4 is 21.9 Å². The van der Waals surface area contributed by atoms with Crippen LogP contribution in [0.15, 0.2) is 104 Å². The van der Waals surface area contributed by atoms with Gasteiger partial charge in [0.25, 0.3) is 0 Å². The van der Waals surface area contributed by atoms with E-state index in [-0.39, 0.29) is 16.2 Å². The first-order valence-corrected chi connectivity index (χ1v) is 26.0. The van der Waals surface area contributed by atoms with Gasteiger partial charge in [0.15, 0.2) is 0 Å². The number of nitrogens with zero attached hydrogens (tertiary/aromatic N) is 8. The van der Waals surface area contributed by atoms with Gasteiger partial charge < -0.3 is 32.0 Å². The van der Waals surface area contributed by atoms with Crippen LogP contribution < -0.4 is 0 Å². The molecule has 0 aliphatic carbocycles.